The van der Waals surface area contributed by atoms with Crippen LogP contribution in [0.4, 0.5) is 4.39 Å². The molecule has 1 N–H and O–H groups in total. The van der Waals surface area contributed by atoms with E-state index in [1.165, 1.54) is 6.07 Å². The predicted molar refractivity (Wildman–Crippen MR) is 79.3 cm³/mol. The summed E-state index contributed by atoms with van der Waals surface area (Å²) < 4.78 is 18.7. The van der Waals surface area contributed by atoms with Gasteiger partial charge in [-0.05, 0) is 49.2 Å². The van der Waals surface area contributed by atoms with Crippen molar-refractivity contribution in [3.63, 3.8) is 0 Å². The fraction of sp³-hybridized carbons (Fsp3) is 0.294. The number of nitrogens with one attached hydrogen (secondary N) is 1. The predicted octanol–water partition coefficient (Wildman–Crippen LogP) is 4.08. The number of rotatable bonds is 6. The second-order valence-electron chi connectivity index (χ2n) is 4.74. The number of benzene rings is 2. The summed E-state index contributed by atoms with van der Waals surface area (Å²) in [5, 5.41) is 3.39. The molecular formula is C17H20FNO. The van der Waals surface area contributed by atoms with Gasteiger partial charge in [0.15, 0.2) is 0 Å². The molecule has 0 saturated carbocycles. The maximum Gasteiger partial charge on any atom is 0.123 e. The number of hydrogen-bond acceptors (Lipinski definition) is 2. The minimum Gasteiger partial charge on any atom is -0.494 e. The molecular weight excluding hydrogens is 253 g/mol. The van der Waals surface area contributed by atoms with Gasteiger partial charge in [-0.3, -0.25) is 0 Å². The van der Waals surface area contributed by atoms with E-state index in [4.69, 9.17) is 4.74 Å². The van der Waals surface area contributed by atoms with E-state index in [1.54, 1.807) is 12.1 Å². The normalized spacial score (nSPS) is 12.2. The van der Waals surface area contributed by atoms with E-state index in [0.717, 1.165) is 23.4 Å². The Morgan fingerprint density at radius 1 is 1.15 bits per heavy atom. The molecule has 0 aromatic heterocycles. The highest BCUT2D eigenvalue weighted by molar-refractivity contribution is 5.28. The van der Waals surface area contributed by atoms with Crippen molar-refractivity contribution in [3.8, 4) is 5.75 Å². The van der Waals surface area contributed by atoms with Gasteiger partial charge in [0.1, 0.15) is 11.6 Å². The van der Waals surface area contributed by atoms with Gasteiger partial charge >= 0.3 is 0 Å². The van der Waals surface area contributed by atoms with Crippen LogP contribution in [0.2, 0.25) is 0 Å². The molecule has 2 nitrogen and oxygen atoms in total. The second kappa shape index (κ2) is 7.06. The maximum atomic E-state index is 13.2. The lowest BCUT2D eigenvalue weighted by Gasteiger charge is -2.15. The standard InChI is InChI=1S/C17H20FNO/c1-3-20-17-9-4-6-14(10-17)12-19-13(2)15-7-5-8-16(18)11-15/h4-11,13,19H,3,12H2,1-2H3/t13-/m0/s1. The van der Waals surface area contributed by atoms with Gasteiger partial charge in [0.2, 0.25) is 0 Å². The average molecular weight is 273 g/mol. The van der Waals surface area contributed by atoms with Crippen molar-refractivity contribution in [3.05, 3.63) is 65.5 Å². The van der Waals surface area contributed by atoms with Crippen molar-refractivity contribution in [2.24, 2.45) is 0 Å². The topological polar surface area (TPSA) is 21.3 Å². The van der Waals surface area contributed by atoms with Crippen LogP contribution in [0.5, 0.6) is 5.75 Å². The smallest absolute Gasteiger partial charge is 0.123 e. The summed E-state index contributed by atoms with van der Waals surface area (Å²) in [6.45, 7) is 5.38. The molecule has 20 heavy (non-hydrogen) atoms. The van der Waals surface area contributed by atoms with Crippen molar-refractivity contribution >= 4 is 0 Å². The van der Waals surface area contributed by atoms with Gasteiger partial charge in [0, 0.05) is 12.6 Å². The Bertz CT molecular complexity index is 556. The molecule has 106 valence electrons. The summed E-state index contributed by atoms with van der Waals surface area (Å²) in [6.07, 6.45) is 0. The van der Waals surface area contributed by atoms with Gasteiger partial charge < -0.3 is 10.1 Å². The van der Waals surface area contributed by atoms with Crippen LogP contribution < -0.4 is 10.1 Å². The van der Waals surface area contributed by atoms with Crippen LogP contribution in [0.3, 0.4) is 0 Å². The summed E-state index contributed by atoms with van der Waals surface area (Å²) in [5.74, 6) is 0.680. The highest BCUT2D eigenvalue weighted by atomic mass is 19.1. The first-order valence-electron chi connectivity index (χ1n) is 6.89. The Labute approximate surface area is 119 Å². The highest BCUT2D eigenvalue weighted by Crippen LogP contribution is 2.16. The van der Waals surface area contributed by atoms with Crippen LogP contribution in [-0.4, -0.2) is 6.61 Å². The van der Waals surface area contributed by atoms with Gasteiger partial charge in [-0.25, -0.2) is 4.39 Å². The summed E-state index contributed by atoms with van der Waals surface area (Å²) in [6, 6.07) is 14.8. The zero-order valence-electron chi connectivity index (χ0n) is 11.9. The molecule has 0 aliphatic carbocycles. The van der Waals surface area contributed by atoms with E-state index in [9.17, 15) is 4.39 Å². The molecule has 0 aliphatic heterocycles. The Morgan fingerprint density at radius 2 is 1.95 bits per heavy atom. The third-order valence-corrected chi connectivity index (χ3v) is 3.17. The van der Waals surface area contributed by atoms with Crippen molar-refractivity contribution < 1.29 is 9.13 Å². The van der Waals surface area contributed by atoms with Gasteiger partial charge in [-0.2, -0.15) is 0 Å². The first kappa shape index (κ1) is 14.5. The molecule has 1 atom stereocenters. The molecule has 0 radical (unpaired) electrons. The molecule has 0 unspecified atom stereocenters. The van der Waals surface area contributed by atoms with E-state index in [2.05, 4.69) is 5.32 Å². The quantitative estimate of drug-likeness (QED) is 0.856. The van der Waals surface area contributed by atoms with Crippen molar-refractivity contribution in [2.45, 2.75) is 26.4 Å². The Hall–Kier alpha value is -1.87. The molecule has 0 bridgehead atoms. The maximum absolute atomic E-state index is 13.2. The fourth-order valence-electron chi connectivity index (χ4n) is 2.08. The third kappa shape index (κ3) is 4.07. The van der Waals surface area contributed by atoms with Crippen LogP contribution in [0.25, 0.3) is 0 Å². The summed E-state index contributed by atoms with van der Waals surface area (Å²) in [5.41, 5.74) is 2.10. The van der Waals surface area contributed by atoms with Gasteiger partial charge in [0.25, 0.3) is 0 Å². The summed E-state index contributed by atoms with van der Waals surface area (Å²) in [7, 11) is 0. The lowest BCUT2D eigenvalue weighted by atomic mass is 10.1. The third-order valence-electron chi connectivity index (χ3n) is 3.17. The molecule has 3 heteroatoms. The fourth-order valence-corrected chi connectivity index (χ4v) is 2.08. The van der Waals surface area contributed by atoms with Crippen molar-refractivity contribution in [2.75, 3.05) is 6.61 Å². The van der Waals surface area contributed by atoms with E-state index in [1.807, 2.05) is 44.2 Å². The number of halogens is 1. The van der Waals surface area contributed by atoms with Crippen molar-refractivity contribution in [1.82, 2.24) is 5.32 Å². The Kier molecular flexibility index (Phi) is 5.13. The average Bonchev–Trinajstić information content (AvgIpc) is 2.45. The van der Waals surface area contributed by atoms with E-state index in [0.29, 0.717) is 6.61 Å². The molecule has 0 amide bonds. The lowest BCUT2D eigenvalue weighted by molar-refractivity contribution is 0.339. The largest absolute Gasteiger partial charge is 0.494 e. The van der Waals surface area contributed by atoms with Crippen molar-refractivity contribution in [1.29, 1.82) is 0 Å². The van der Waals surface area contributed by atoms with Gasteiger partial charge in [0.05, 0.1) is 6.61 Å². The van der Waals surface area contributed by atoms with Crippen LogP contribution in [0, 0.1) is 5.82 Å². The first-order valence-corrected chi connectivity index (χ1v) is 6.89. The van der Waals surface area contributed by atoms with Gasteiger partial charge in [-0.1, -0.05) is 24.3 Å². The van der Waals surface area contributed by atoms with Crippen LogP contribution in [-0.2, 0) is 6.54 Å². The second-order valence-corrected chi connectivity index (χ2v) is 4.74. The molecule has 0 saturated heterocycles. The molecule has 0 spiro atoms. The molecule has 2 aromatic carbocycles. The van der Waals surface area contributed by atoms with E-state index < -0.39 is 0 Å². The lowest BCUT2D eigenvalue weighted by Crippen LogP contribution is -2.18. The number of hydrogen-bond donors (Lipinski definition) is 1. The van der Waals surface area contributed by atoms with E-state index >= 15 is 0 Å². The summed E-state index contributed by atoms with van der Waals surface area (Å²) >= 11 is 0. The minimum absolute atomic E-state index is 0.0986. The minimum atomic E-state index is -0.200. The van der Waals surface area contributed by atoms with Crippen LogP contribution >= 0.6 is 0 Å². The SMILES string of the molecule is CCOc1cccc(CN[C@@H](C)c2cccc(F)c2)c1. The first-order chi connectivity index (χ1) is 9.69. The summed E-state index contributed by atoms with van der Waals surface area (Å²) in [4.78, 5) is 0. The zero-order chi connectivity index (χ0) is 14.4. The van der Waals surface area contributed by atoms with E-state index in [-0.39, 0.29) is 11.9 Å². The van der Waals surface area contributed by atoms with Crippen LogP contribution in [0.15, 0.2) is 48.5 Å². The highest BCUT2D eigenvalue weighted by Gasteiger charge is 2.06. The molecule has 0 fully saturated rings. The molecule has 2 rings (SSSR count). The zero-order valence-corrected chi connectivity index (χ0v) is 11.9. The van der Waals surface area contributed by atoms with Gasteiger partial charge in [-0.15, -0.1) is 0 Å². The molecule has 0 heterocycles. The monoisotopic (exact) mass is 273 g/mol. The van der Waals surface area contributed by atoms with Crippen LogP contribution in [0.1, 0.15) is 31.0 Å². The molecule has 2 aromatic rings. The Morgan fingerprint density at radius 3 is 2.70 bits per heavy atom. The number of ether oxygens (including phenoxy) is 1. The molecule has 0 aliphatic rings. The Balaban J connectivity index is 1.96.